The van der Waals surface area contributed by atoms with Gasteiger partial charge in [0.05, 0.1) is 6.10 Å². The Labute approximate surface area is 140 Å². The molecule has 0 saturated heterocycles. The Hall–Kier alpha value is -0.123. The molecule has 0 aromatic carbocycles. The molecule has 1 atom stereocenters. The first-order valence-electron chi connectivity index (χ1n) is 9.23. The molecule has 0 aromatic heterocycles. The van der Waals surface area contributed by atoms with Crippen molar-refractivity contribution in [2.45, 2.75) is 103 Å². The van der Waals surface area contributed by atoms with E-state index in [4.69, 9.17) is 4.43 Å². The molecule has 0 aromatic rings. The van der Waals surface area contributed by atoms with Crippen LogP contribution in [0.25, 0.3) is 0 Å². The third-order valence-electron chi connectivity index (χ3n) is 4.87. The molecule has 0 bridgehead atoms. The maximum atomic E-state index is 9.64. The summed E-state index contributed by atoms with van der Waals surface area (Å²) in [6, 6.07) is 0. The summed E-state index contributed by atoms with van der Waals surface area (Å²) in [6.07, 6.45) is 9.08. The van der Waals surface area contributed by atoms with Crippen LogP contribution < -0.4 is 0 Å². The van der Waals surface area contributed by atoms with Crippen molar-refractivity contribution in [3.8, 4) is 0 Å². The van der Waals surface area contributed by atoms with Crippen LogP contribution in [0.15, 0.2) is 12.2 Å². The molecule has 0 aliphatic rings. The van der Waals surface area contributed by atoms with Crippen molar-refractivity contribution in [1.82, 2.24) is 0 Å². The zero-order valence-electron chi connectivity index (χ0n) is 16.1. The smallest absolute Gasteiger partial charge is 0.200 e. The quantitative estimate of drug-likeness (QED) is 0.268. The Morgan fingerprint density at radius 2 is 1.36 bits per heavy atom. The van der Waals surface area contributed by atoms with Crippen LogP contribution in [0.3, 0.4) is 0 Å². The summed E-state index contributed by atoms with van der Waals surface area (Å²) in [4.78, 5) is 0. The van der Waals surface area contributed by atoms with Gasteiger partial charge in [-0.15, -0.1) is 0 Å². The fraction of sp³-hybridized carbons (Fsp3) is 0.895. The maximum absolute atomic E-state index is 9.64. The van der Waals surface area contributed by atoms with Gasteiger partial charge in [-0.25, -0.2) is 0 Å². The zero-order valence-corrected chi connectivity index (χ0v) is 17.1. The lowest BCUT2D eigenvalue weighted by Crippen LogP contribution is -2.47. The predicted octanol–water partition coefficient (Wildman–Crippen LogP) is 6.07. The van der Waals surface area contributed by atoms with E-state index >= 15 is 0 Å². The summed E-state index contributed by atoms with van der Waals surface area (Å²) in [5.74, 6) is 0. The summed E-state index contributed by atoms with van der Waals surface area (Å²) in [7, 11) is -1.67. The van der Waals surface area contributed by atoms with Gasteiger partial charge in [-0.05, 0) is 36.4 Å². The zero-order chi connectivity index (χ0) is 17.2. The molecule has 0 radical (unpaired) electrons. The molecular weight excluding hydrogens is 288 g/mol. The molecule has 1 N–H and O–H groups in total. The first-order chi connectivity index (χ1) is 10.3. The van der Waals surface area contributed by atoms with Gasteiger partial charge in [0.25, 0.3) is 0 Å². The van der Waals surface area contributed by atoms with Crippen molar-refractivity contribution >= 4 is 8.32 Å². The maximum Gasteiger partial charge on any atom is 0.200 e. The number of hydrogen-bond acceptors (Lipinski definition) is 2. The van der Waals surface area contributed by atoms with Crippen LogP contribution in [0.5, 0.6) is 0 Å². The van der Waals surface area contributed by atoms with Crippen molar-refractivity contribution in [2.24, 2.45) is 0 Å². The second-order valence-corrected chi connectivity index (χ2v) is 12.9. The van der Waals surface area contributed by atoms with Gasteiger partial charge >= 0.3 is 0 Å². The van der Waals surface area contributed by atoms with Crippen LogP contribution in [0.1, 0.15) is 80.6 Å². The third kappa shape index (κ3) is 6.97. The third-order valence-corrected chi connectivity index (χ3v) is 11.0. The molecule has 0 fully saturated rings. The molecule has 132 valence electrons. The van der Waals surface area contributed by atoms with Gasteiger partial charge < -0.3 is 9.53 Å². The summed E-state index contributed by atoms with van der Waals surface area (Å²) in [5, 5.41) is 9.64. The molecule has 0 rings (SSSR count). The molecule has 0 aliphatic heterocycles. The van der Waals surface area contributed by atoms with E-state index in [9.17, 15) is 5.11 Å². The second kappa shape index (κ2) is 11.4. The molecule has 22 heavy (non-hydrogen) atoms. The van der Waals surface area contributed by atoms with E-state index in [0.29, 0.717) is 16.6 Å². The Kier molecular flexibility index (Phi) is 11.4. The summed E-state index contributed by atoms with van der Waals surface area (Å²) < 4.78 is 6.56. The van der Waals surface area contributed by atoms with Gasteiger partial charge in [-0.3, -0.25) is 0 Å². The van der Waals surface area contributed by atoms with Crippen molar-refractivity contribution in [3.05, 3.63) is 12.2 Å². The highest BCUT2D eigenvalue weighted by atomic mass is 28.4. The summed E-state index contributed by atoms with van der Waals surface area (Å²) >= 11 is 0. The number of hydrogen-bond donors (Lipinski definition) is 1. The number of allylic oxidation sites excluding steroid dienone is 1. The molecule has 1 unspecified atom stereocenters. The topological polar surface area (TPSA) is 29.5 Å². The van der Waals surface area contributed by atoms with Crippen LogP contribution in [0.4, 0.5) is 0 Å². The minimum Gasteiger partial charge on any atom is -0.416 e. The average Bonchev–Trinajstić information content (AvgIpc) is 2.40. The monoisotopic (exact) mass is 328 g/mol. The van der Waals surface area contributed by atoms with Crippen LogP contribution in [-0.2, 0) is 4.43 Å². The van der Waals surface area contributed by atoms with Gasteiger partial charge in [-0.1, -0.05) is 73.0 Å². The van der Waals surface area contributed by atoms with Crippen molar-refractivity contribution < 1.29 is 9.53 Å². The fourth-order valence-electron chi connectivity index (χ4n) is 3.88. The Morgan fingerprint density at radius 3 is 1.82 bits per heavy atom. The lowest BCUT2D eigenvalue weighted by Gasteiger charge is -2.42. The van der Waals surface area contributed by atoms with Crippen LogP contribution in [0, 0.1) is 0 Å². The fourth-order valence-corrected chi connectivity index (χ4v) is 9.37. The summed E-state index contributed by atoms with van der Waals surface area (Å²) in [6.45, 7) is 16.9. The van der Waals surface area contributed by atoms with Gasteiger partial charge in [-0.2, -0.15) is 0 Å². The molecule has 0 spiro atoms. The molecular formula is C19H40O2Si. The minimum atomic E-state index is -1.67. The van der Waals surface area contributed by atoms with Crippen LogP contribution in [-0.4, -0.2) is 26.1 Å². The second-order valence-electron chi connectivity index (χ2n) is 7.46. The predicted molar refractivity (Wildman–Crippen MR) is 101 cm³/mol. The molecule has 2 nitrogen and oxygen atoms in total. The van der Waals surface area contributed by atoms with Gasteiger partial charge in [0.1, 0.15) is 0 Å². The normalized spacial score (nSPS) is 14.7. The molecule has 0 amide bonds. The Morgan fingerprint density at radius 1 is 0.864 bits per heavy atom. The lowest BCUT2D eigenvalue weighted by atomic mass is 10.1. The van der Waals surface area contributed by atoms with Crippen molar-refractivity contribution in [3.63, 3.8) is 0 Å². The molecule has 0 saturated carbocycles. The average molecular weight is 329 g/mol. The lowest BCUT2D eigenvalue weighted by molar-refractivity contribution is 0.207. The van der Waals surface area contributed by atoms with E-state index in [2.05, 4.69) is 41.5 Å². The minimum absolute atomic E-state index is 0.260. The SMILES string of the molecule is CC=CC(O)CCCCCCO[Si](C(C)C)(C(C)C)C(C)C. The molecule has 3 heteroatoms. The van der Waals surface area contributed by atoms with E-state index < -0.39 is 8.32 Å². The van der Waals surface area contributed by atoms with Gasteiger partial charge in [0, 0.05) is 6.61 Å². The highest BCUT2D eigenvalue weighted by molar-refractivity contribution is 6.77. The number of unbranched alkanes of at least 4 members (excludes halogenated alkanes) is 3. The summed E-state index contributed by atoms with van der Waals surface area (Å²) in [5.41, 5.74) is 2.01. The van der Waals surface area contributed by atoms with Crippen molar-refractivity contribution in [1.29, 1.82) is 0 Å². The van der Waals surface area contributed by atoms with Gasteiger partial charge in [0.2, 0.25) is 0 Å². The number of aliphatic hydroxyl groups excluding tert-OH is 1. The highest BCUT2D eigenvalue weighted by Gasteiger charge is 2.44. The Bertz CT molecular complexity index is 276. The van der Waals surface area contributed by atoms with Crippen molar-refractivity contribution in [2.75, 3.05) is 6.61 Å². The van der Waals surface area contributed by atoms with E-state index in [1.165, 1.54) is 12.8 Å². The molecule has 0 heterocycles. The first kappa shape index (κ1) is 21.9. The first-order valence-corrected chi connectivity index (χ1v) is 11.4. The van der Waals surface area contributed by atoms with Crippen LogP contribution >= 0.6 is 0 Å². The standard InChI is InChI=1S/C19H40O2Si/c1-8-13-19(20)14-11-9-10-12-15-21-22(16(2)3,17(4)5)18(6)7/h8,13,16-20H,9-12,14-15H2,1-7H3. The van der Waals surface area contributed by atoms with E-state index in [0.717, 1.165) is 25.9 Å². The van der Waals surface area contributed by atoms with E-state index in [1.54, 1.807) is 0 Å². The largest absolute Gasteiger partial charge is 0.416 e. The van der Waals surface area contributed by atoms with E-state index in [1.807, 2.05) is 19.1 Å². The Balaban J connectivity index is 4.06. The number of aliphatic hydroxyl groups is 1. The highest BCUT2D eigenvalue weighted by Crippen LogP contribution is 2.42. The van der Waals surface area contributed by atoms with Gasteiger partial charge in [0.15, 0.2) is 8.32 Å². The van der Waals surface area contributed by atoms with Crippen LogP contribution in [0.2, 0.25) is 16.6 Å². The number of rotatable bonds is 12. The van der Waals surface area contributed by atoms with E-state index in [-0.39, 0.29) is 6.10 Å². The molecule has 0 aliphatic carbocycles.